The molecule has 0 radical (unpaired) electrons. The monoisotopic (exact) mass is 303 g/mol. The van der Waals surface area contributed by atoms with Crippen LogP contribution in [0.25, 0.3) is 11.1 Å². The molecule has 0 bridgehead atoms. The molecule has 2 rings (SSSR count). The van der Waals surface area contributed by atoms with Gasteiger partial charge in [0, 0.05) is 24.4 Å². The average Bonchev–Trinajstić information content (AvgIpc) is 2.39. The summed E-state index contributed by atoms with van der Waals surface area (Å²) in [5.41, 5.74) is 5.68. The van der Waals surface area contributed by atoms with Crippen molar-refractivity contribution in [2.24, 2.45) is 5.73 Å². The van der Waals surface area contributed by atoms with E-state index in [1.165, 1.54) is 18.5 Å². The van der Waals surface area contributed by atoms with Crippen LogP contribution in [0.4, 0.5) is 13.2 Å². The van der Waals surface area contributed by atoms with Crippen molar-refractivity contribution in [1.29, 1.82) is 0 Å². The fraction of sp³-hybridized carbons (Fsp3) is 0.231. The predicted octanol–water partition coefficient (Wildman–Crippen LogP) is 3.09. The highest BCUT2D eigenvalue weighted by Crippen LogP contribution is 2.31. The maximum atomic E-state index is 12.6. The van der Waals surface area contributed by atoms with Gasteiger partial charge in [-0.2, -0.15) is 13.2 Å². The van der Waals surface area contributed by atoms with Crippen LogP contribution in [0, 0.1) is 0 Å². The van der Waals surface area contributed by atoms with E-state index in [-0.39, 0.29) is 12.4 Å². The second-order valence-corrected chi connectivity index (χ2v) is 4.01. The lowest BCUT2D eigenvalue weighted by Crippen LogP contribution is -2.06. The fourth-order valence-corrected chi connectivity index (χ4v) is 1.64. The lowest BCUT2D eigenvalue weighted by atomic mass is 10.1. The number of benzene rings is 1. The fourth-order valence-electron chi connectivity index (χ4n) is 1.64. The summed E-state index contributed by atoms with van der Waals surface area (Å²) in [5, 5.41) is 0. The zero-order valence-corrected chi connectivity index (χ0v) is 11.2. The van der Waals surface area contributed by atoms with E-state index >= 15 is 0 Å². The molecular formula is C13H13ClF3N3. The Kier molecular flexibility index (Phi) is 5.47. The van der Waals surface area contributed by atoms with E-state index in [0.717, 1.165) is 12.1 Å². The molecule has 0 spiro atoms. The van der Waals surface area contributed by atoms with E-state index in [0.29, 0.717) is 29.9 Å². The highest BCUT2D eigenvalue weighted by atomic mass is 35.5. The summed E-state index contributed by atoms with van der Waals surface area (Å²) in [4.78, 5) is 8.13. The first-order chi connectivity index (χ1) is 9.00. The highest BCUT2D eigenvalue weighted by molar-refractivity contribution is 5.85. The van der Waals surface area contributed by atoms with Crippen LogP contribution in [-0.4, -0.2) is 16.5 Å². The maximum Gasteiger partial charge on any atom is 0.416 e. The Labute approximate surface area is 120 Å². The average molecular weight is 304 g/mol. The summed E-state index contributed by atoms with van der Waals surface area (Å²) < 4.78 is 37.8. The Bertz CT molecular complexity index is 556. The Morgan fingerprint density at radius 2 is 1.70 bits per heavy atom. The van der Waals surface area contributed by atoms with Crippen molar-refractivity contribution in [2.75, 3.05) is 6.54 Å². The smallest absolute Gasteiger partial charge is 0.330 e. The Morgan fingerprint density at radius 1 is 1.05 bits per heavy atom. The molecule has 3 nitrogen and oxygen atoms in total. The lowest BCUT2D eigenvalue weighted by molar-refractivity contribution is -0.137. The minimum atomic E-state index is -4.35. The maximum absolute atomic E-state index is 12.6. The van der Waals surface area contributed by atoms with E-state index < -0.39 is 11.7 Å². The number of halogens is 4. The van der Waals surface area contributed by atoms with Crippen molar-refractivity contribution in [2.45, 2.75) is 12.6 Å². The molecule has 0 amide bonds. The van der Waals surface area contributed by atoms with Crippen molar-refractivity contribution >= 4 is 12.4 Å². The summed E-state index contributed by atoms with van der Waals surface area (Å²) in [6.07, 6.45) is -0.791. The third kappa shape index (κ3) is 3.91. The molecule has 0 saturated heterocycles. The second-order valence-electron chi connectivity index (χ2n) is 4.01. The standard InChI is InChI=1S/C13H12F3N3.ClH/c14-13(15,16)11-3-1-2-9(6-11)10-7-18-12(4-5-17)19-8-10;/h1-3,6-8H,4-5,17H2;1H. The molecule has 0 unspecified atom stereocenters. The third-order valence-electron chi connectivity index (χ3n) is 2.60. The summed E-state index contributed by atoms with van der Waals surface area (Å²) in [7, 11) is 0. The van der Waals surface area contributed by atoms with Crippen molar-refractivity contribution in [3.63, 3.8) is 0 Å². The predicted molar refractivity (Wildman–Crippen MR) is 72.5 cm³/mol. The van der Waals surface area contributed by atoms with E-state index in [1.54, 1.807) is 6.07 Å². The minimum Gasteiger partial charge on any atom is -0.330 e. The third-order valence-corrected chi connectivity index (χ3v) is 2.60. The molecular weight excluding hydrogens is 291 g/mol. The van der Waals surface area contributed by atoms with Crippen molar-refractivity contribution in [1.82, 2.24) is 9.97 Å². The van der Waals surface area contributed by atoms with Gasteiger partial charge in [-0.3, -0.25) is 0 Å². The van der Waals surface area contributed by atoms with Gasteiger partial charge >= 0.3 is 6.18 Å². The number of hydrogen-bond acceptors (Lipinski definition) is 3. The summed E-state index contributed by atoms with van der Waals surface area (Å²) in [5.74, 6) is 0.582. The van der Waals surface area contributed by atoms with Crippen LogP contribution in [0.15, 0.2) is 36.7 Å². The van der Waals surface area contributed by atoms with Gasteiger partial charge in [0.1, 0.15) is 5.82 Å². The molecule has 108 valence electrons. The van der Waals surface area contributed by atoms with E-state index in [2.05, 4.69) is 9.97 Å². The SMILES string of the molecule is Cl.NCCc1ncc(-c2cccc(C(F)(F)F)c2)cn1. The number of aromatic nitrogens is 2. The van der Waals surface area contributed by atoms with Gasteiger partial charge in [0.2, 0.25) is 0 Å². The van der Waals surface area contributed by atoms with E-state index in [4.69, 9.17) is 5.73 Å². The molecule has 0 aliphatic carbocycles. The summed E-state index contributed by atoms with van der Waals surface area (Å²) in [6, 6.07) is 5.08. The number of nitrogens with two attached hydrogens (primary N) is 1. The van der Waals surface area contributed by atoms with Crippen molar-refractivity contribution in [3.8, 4) is 11.1 Å². The zero-order chi connectivity index (χ0) is 13.9. The highest BCUT2D eigenvalue weighted by Gasteiger charge is 2.30. The van der Waals surface area contributed by atoms with Gasteiger partial charge in [-0.15, -0.1) is 12.4 Å². The van der Waals surface area contributed by atoms with Crippen LogP contribution in [-0.2, 0) is 12.6 Å². The molecule has 0 aliphatic rings. The summed E-state index contributed by atoms with van der Waals surface area (Å²) in [6.45, 7) is 0.433. The first kappa shape index (κ1) is 16.4. The molecule has 2 N–H and O–H groups in total. The van der Waals surface area contributed by atoms with Gasteiger partial charge in [0.05, 0.1) is 5.56 Å². The summed E-state index contributed by atoms with van der Waals surface area (Å²) >= 11 is 0. The Hall–Kier alpha value is -1.66. The van der Waals surface area contributed by atoms with Crippen LogP contribution in [0.5, 0.6) is 0 Å². The first-order valence-corrected chi connectivity index (χ1v) is 5.69. The molecule has 0 atom stereocenters. The van der Waals surface area contributed by atoms with Gasteiger partial charge in [0.25, 0.3) is 0 Å². The van der Waals surface area contributed by atoms with Crippen molar-refractivity contribution in [3.05, 3.63) is 48.0 Å². The van der Waals surface area contributed by atoms with Crippen molar-refractivity contribution < 1.29 is 13.2 Å². The van der Waals surface area contributed by atoms with Crippen LogP contribution < -0.4 is 5.73 Å². The first-order valence-electron chi connectivity index (χ1n) is 5.69. The Morgan fingerprint density at radius 3 is 2.25 bits per heavy atom. The number of hydrogen-bond donors (Lipinski definition) is 1. The lowest BCUT2D eigenvalue weighted by Gasteiger charge is -2.08. The second kappa shape index (κ2) is 6.67. The normalized spacial score (nSPS) is 11.0. The van der Waals surface area contributed by atoms with Gasteiger partial charge in [-0.05, 0) is 24.2 Å². The van der Waals surface area contributed by atoms with Gasteiger partial charge in [-0.25, -0.2) is 9.97 Å². The largest absolute Gasteiger partial charge is 0.416 e. The van der Waals surface area contributed by atoms with Gasteiger partial charge < -0.3 is 5.73 Å². The molecule has 0 aliphatic heterocycles. The minimum absolute atomic E-state index is 0. The quantitative estimate of drug-likeness (QED) is 0.948. The molecule has 1 heterocycles. The molecule has 7 heteroatoms. The van der Waals surface area contributed by atoms with Crippen LogP contribution in [0.2, 0.25) is 0 Å². The molecule has 1 aromatic heterocycles. The van der Waals surface area contributed by atoms with Crippen LogP contribution >= 0.6 is 12.4 Å². The molecule has 0 saturated carbocycles. The van der Waals surface area contributed by atoms with E-state index in [9.17, 15) is 13.2 Å². The number of alkyl halides is 3. The van der Waals surface area contributed by atoms with Gasteiger partial charge in [-0.1, -0.05) is 12.1 Å². The Balaban J connectivity index is 0.00000200. The molecule has 20 heavy (non-hydrogen) atoms. The number of rotatable bonds is 3. The van der Waals surface area contributed by atoms with E-state index in [1.807, 2.05) is 0 Å². The van der Waals surface area contributed by atoms with Gasteiger partial charge in [0.15, 0.2) is 0 Å². The van der Waals surface area contributed by atoms with Crippen LogP contribution in [0.1, 0.15) is 11.4 Å². The number of nitrogens with zero attached hydrogens (tertiary/aromatic N) is 2. The molecule has 2 aromatic rings. The molecule has 1 aromatic carbocycles. The topological polar surface area (TPSA) is 51.8 Å². The molecule has 0 fully saturated rings. The van der Waals surface area contributed by atoms with Crippen LogP contribution in [0.3, 0.4) is 0 Å². The zero-order valence-electron chi connectivity index (χ0n) is 10.4.